The number of rotatable bonds is 3. The lowest BCUT2D eigenvalue weighted by molar-refractivity contribution is -0.146. The summed E-state index contributed by atoms with van der Waals surface area (Å²) in [5.74, 6) is -1.94. The molecule has 2 N–H and O–H groups in total. The van der Waals surface area contributed by atoms with E-state index in [0.717, 1.165) is 0 Å². The maximum atomic E-state index is 11.1. The topological polar surface area (TPSA) is 83.8 Å². The lowest BCUT2D eigenvalue weighted by atomic mass is 10.1. The highest BCUT2D eigenvalue weighted by Gasteiger charge is 2.17. The Labute approximate surface area is 85.9 Å². The minimum absolute atomic E-state index is 0.144. The van der Waals surface area contributed by atoms with Crippen LogP contribution in [-0.4, -0.2) is 29.3 Å². The highest BCUT2D eigenvalue weighted by Crippen LogP contribution is 2.15. The van der Waals surface area contributed by atoms with Gasteiger partial charge in [0.15, 0.2) is 6.10 Å². The summed E-state index contributed by atoms with van der Waals surface area (Å²) in [6, 6.07) is 5.66. The first-order valence-corrected chi connectivity index (χ1v) is 4.15. The quantitative estimate of drug-likeness (QED) is 0.713. The number of benzene rings is 1. The summed E-state index contributed by atoms with van der Waals surface area (Å²) >= 11 is 0. The van der Waals surface area contributed by atoms with Crippen molar-refractivity contribution < 1.29 is 24.5 Å². The number of esters is 1. The minimum Gasteiger partial charge on any atom is -0.479 e. The molecule has 80 valence electrons. The molecule has 1 aromatic carbocycles. The van der Waals surface area contributed by atoms with Gasteiger partial charge in [0.1, 0.15) is 0 Å². The normalized spacial score (nSPS) is 11.9. The first-order chi connectivity index (χ1) is 7.06. The lowest BCUT2D eigenvalue weighted by Crippen LogP contribution is -2.11. The van der Waals surface area contributed by atoms with Crippen LogP contribution in [0.15, 0.2) is 24.3 Å². The molecule has 1 atom stereocenters. The number of hydrogen-bond acceptors (Lipinski definition) is 4. The third kappa shape index (κ3) is 2.54. The summed E-state index contributed by atoms with van der Waals surface area (Å²) in [4.78, 5) is 21.6. The predicted molar refractivity (Wildman–Crippen MR) is 50.4 cm³/mol. The van der Waals surface area contributed by atoms with Crippen LogP contribution in [-0.2, 0) is 9.53 Å². The van der Waals surface area contributed by atoms with E-state index in [2.05, 4.69) is 4.74 Å². The van der Waals surface area contributed by atoms with Crippen LogP contribution in [0.5, 0.6) is 0 Å². The molecule has 0 heterocycles. The van der Waals surface area contributed by atoms with Crippen LogP contribution >= 0.6 is 0 Å². The number of ether oxygens (including phenoxy) is 1. The number of hydrogen-bond donors (Lipinski definition) is 2. The molecule has 0 spiro atoms. The first kappa shape index (κ1) is 11.2. The van der Waals surface area contributed by atoms with Gasteiger partial charge in [0.25, 0.3) is 0 Å². The number of carbonyl (C=O) groups excluding carboxylic acids is 1. The van der Waals surface area contributed by atoms with Crippen LogP contribution in [0.1, 0.15) is 22.0 Å². The van der Waals surface area contributed by atoms with E-state index in [0.29, 0.717) is 0 Å². The van der Waals surface area contributed by atoms with E-state index < -0.39 is 18.0 Å². The largest absolute Gasteiger partial charge is 0.479 e. The second-order valence-electron chi connectivity index (χ2n) is 2.86. The molecule has 0 radical (unpaired) electrons. The maximum absolute atomic E-state index is 11.1. The molecular weight excluding hydrogens is 200 g/mol. The number of carboxylic acids is 1. The molecule has 1 rings (SSSR count). The van der Waals surface area contributed by atoms with Gasteiger partial charge in [-0.1, -0.05) is 12.1 Å². The molecular formula is C10H10O5. The van der Waals surface area contributed by atoms with Crippen molar-refractivity contribution in [2.45, 2.75) is 6.10 Å². The fourth-order valence-corrected chi connectivity index (χ4v) is 1.10. The Kier molecular flexibility index (Phi) is 3.41. The van der Waals surface area contributed by atoms with Crippen LogP contribution in [0, 0.1) is 0 Å². The number of carbonyl (C=O) groups is 2. The SMILES string of the molecule is COC(=O)c1cccc(C(O)C(=O)O)c1. The number of aliphatic hydroxyl groups is 1. The molecule has 0 saturated heterocycles. The number of carboxylic acid groups (broad SMARTS) is 1. The second kappa shape index (κ2) is 4.56. The Morgan fingerprint density at radius 1 is 1.40 bits per heavy atom. The van der Waals surface area contributed by atoms with Crippen molar-refractivity contribution in [2.24, 2.45) is 0 Å². The van der Waals surface area contributed by atoms with Crippen LogP contribution in [0.2, 0.25) is 0 Å². The summed E-state index contributed by atoms with van der Waals surface area (Å²) in [6.07, 6.45) is -1.63. The molecule has 0 fully saturated rings. The molecule has 0 saturated carbocycles. The zero-order valence-corrected chi connectivity index (χ0v) is 8.01. The summed E-state index contributed by atoms with van der Waals surface area (Å²) in [7, 11) is 1.22. The zero-order chi connectivity index (χ0) is 11.4. The second-order valence-corrected chi connectivity index (χ2v) is 2.86. The fourth-order valence-electron chi connectivity index (χ4n) is 1.10. The molecule has 0 aliphatic rings. The molecule has 0 aliphatic carbocycles. The van der Waals surface area contributed by atoms with E-state index in [4.69, 9.17) is 5.11 Å². The Hall–Kier alpha value is -1.88. The monoisotopic (exact) mass is 210 g/mol. The third-order valence-corrected chi connectivity index (χ3v) is 1.86. The van der Waals surface area contributed by atoms with E-state index in [1.807, 2.05) is 0 Å². The van der Waals surface area contributed by atoms with Crippen molar-refractivity contribution in [1.29, 1.82) is 0 Å². The van der Waals surface area contributed by atoms with E-state index >= 15 is 0 Å². The van der Waals surface area contributed by atoms with Crippen LogP contribution in [0.4, 0.5) is 0 Å². The van der Waals surface area contributed by atoms with E-state index in [9.17, 15) is 14.7 Å². The molecule has 0 aromatic heterocycles. The molecule has 1 aromatic rings. The van der Waals surface area contributed by atoms with Gasteiger partial charge in [-0.3, -0.25) is 0 Å². The molecule has 5 nitrogen and oxygen atoms in total. The number of methoxy groups -OCH3 is 1. The van der Waals surface area contributed by atoms with Gasteiger partial charge in [0.2, 0.25) is 0 Å². The van der Waals surface area contributed by atoms with Gasteiger partial charge in [-0.25, -0.2) is 9.59 Å². The Bertz CT molecular complexity index is 385. The number of aliphatic carboxylic acids is 1. The number of aliphatic hydroxyl groups excluding tert-OH is 1. The molecule has 0 amide bonds. The first-order valence-electron chi connectivity index (χ1n) is 4.15. The van der Waals surface area contributed by atoms with Gasteiger partial charge >= 0.3 is 11.9 Å². The average molecular weight is 210 g/mol. The van der Waals surface area contributed by atoms with E-state index in [-0.39, 0.29) is 11.1 Å². The van der Waals surface area contributed by atoms with Crippen LogP contribution < -0.4 is 0 Å². The lowest BCUT2D eigenvalue weighted by Gasteiger charge is -2.06. The highest BCUT2D eigenvalue weighted by molar-refractivity contribution is 5.89. The standard InChI is InChI=1S/C10H10O5/c1-15-10(14)7-4-2-3-6(5-7)8(11)9(12)13/h2-5,8,11H,1H3,(H,12,13). The van der Waals surface area contributed by atoms with Crippen molar-refractivity contribution in [2.75, 3.05) is 7.11 Å². The smallest absolute Gasteiger partial charge is 0.337 e. The van der Waals surface area contributed by atoms with Crippen molar-refractivity contribution in [3.63, 3.8) is 0 Å². The molecule has 1 unspecified atom stereocenters. The Morgan fingerprint density at radius 2 is 2.07 bits per heavy atom. The van der Waals surface area contributed by atoms with Crippen LogP contribution in [0.25, 0.3) is 0 Å². The third-order valence-electron chi connectivity index (χ3n) is 1.86. The maximum Gasteiger partial charge on any atom is 0.337 e. The Balaban J connectivity index is 3.02. The summed E-state index contributed by atoms with van der Waals surface area (Å²) < 4.78 is 4.46. The fraction of sp³-hybridized carbons (Fsp3) is 0.200. The van der Waals surface area contributed by atoms with Crippen molar-refractivity contribution in [3.05, 3.63) is 35.4 Å². The van der Waals surface area contributed by atoms with Gasteiger partial charge in [0, 0.05) is 0 Å². The van der Waals surface area contributed by atoms with E-state index in [1.165, 1.54) is 31.4 Å². The molecule has 0 bridgehead atoms. The minimum atomic E-state index is -1.63. The highest BCUT2D eigenvalue weighted by atomic mass is 16.5. The predicted octanol–water partition coefficient (Wildman–Crippen LogP) is 0.591. The van der Waals surface area contributed by atoms with Gasteiger partial charge in [0.05, 0.1) is 12.7 Å². The molecule has 5 heteroatoms. The van der Waals surface area contributed by atoms with Crippen molar-refractivity contribution >= 4 is 11.9 Å². The summed E-state index contributed by atoms with van der Waals surface area (Å²) in [6.45, 7) is 0. The van der Waals surface area contributed by atoms with E-state index in [1.54, 1.807) is 0 Å². The van der Waals surface area contributed by atoms with Crippen molar-refractivity contribution in [1.82, 2.24) is 0 Å². The van der Waals surface area contributed by atoms with Gasteiger partial charge < -0.3 is 14.9 Å². The van der Waals surface area contributed by atoms with Gasteiger partial charge in [-0.2, -0.15) is 0 Å². The molecule has 0 aliphatic heterocycles. The molecule has 15 heavy (non-hydrogen) atoms. The summed E-state index contributed by atoms with van der Waals surface area (Å²) in [5, 5.41) is 17.8. The zero-order valence-electron chi connectivity index (χ0n) is 8.01. The summed E-state index contributed by atoms with van der Waals surface area (Å²) in [5.41, 5.74) is 0.348. The average Bonchev–Trinajstić information content (AvgIpc) is 2.27. The van der Waals surface area contributed by atoms with Gasteiger partial charge in [-0.15, -0.1) is 0 Å². The van der Waals surface area contributed by atoms with Gasteiger partial charge in [-0.05, 0) is 17.7 Å². The Morgan fingerprint density at radius 3 is 2.60 bits per heavy atom. The van der Waals surface area contributed by atoms with Crippen LogP contribution in [0.3, 0.4) is 0 Å². The van der Waals surface area contributed by atoms with Crippen molar-refractivity contribution in [3.8, 4) is 0 Å².